The summed E-state index contributed by atoms with van der Waals surface area (Å²) >= 11 is 0. The van der Waals surface area contributed by atoms with E-state index in [1.807, 2.05) is 6.92 Å². The Hall–Kier alpha value is 0.160. The van der Waals surface area contributed by atoms with Gasteiger partial charge in [-0.1, -0.05) is 6.42 Å². The van der Waals surface area contributed by atoms with E-state index in [-0.39, 0.29) is 29.9 Å². The van der Waals surface area contributed by atoms with Crippen LogP contribution in [0.5, 0.6) is 0 Å². The van der Waals surface area contributed by atoms with Crippen molar-refractivity contribution < 1.29 is 13.2 Å². The second kappa shape index (κ2) is 4.99. The van der Waals surface area contributed by atoms with Gasteiger partial charge in [0.1, 0.15) is 11.5 Å². The maximum Gasteiger partial charge on any atom is 0.157 e. The van der Waals surface area contributed by atoms with Gasteiger partial charge in [-0.3, -0.25) is 5.32 Å². The molecular weight excluding hydrogens is 238 g/mol. The second-order valence-corrected chi connectivity index (χ2v) is 6.56. The van der Waals surface area contributed by atoms with Crippen LogP contribution in [0.15, 0.2) is 0 Å². The molecule has 0 amide bonds. The summed E-state index contributed by atoms with van der Waals surface area (Å²) in [5, 5.41) is 2.86. The van der Waals surface area contributed by atoms with Crippen LogP contribution < -0.4 is 5.32 Å². The first kappa shape index (κ1) is 13.2. The standard InChI is InChI=1S/C9H17NO3S.ClH/c1-7-6-13-9(10-7)8-4-2-3-5-14(8,11)12;/h7-10H,2-6H2,1H3;1H. The van der Waals surface area contributed by atoms with E-state index in [4.69, 9.17) is 4.74 Å². The van der Waals surface area contributed by atoms with Crippen molar-refractivity contribution in [3.63, 3.8) is 0 Å². The van der Waals surface area contributed by atoms with Crippen molar-refractivity contribution in [3.8, 4) is 0 Å². The summed E-state index contributed by atoms with van der Waals surface area (Å²) in [7, 11) is -2.92. The van der Waals surface area contributed by atoms with Gasteiger partial charge in [0, 0.05) is 6.04 Å². The van der Waals surface area contributed by atoms with Gasteiger partial charge in [0.2, 0.25) is 0 Å². The Morgan fingerprint density at radius 3 is 2.60 bits per heavy atom. The normalized spacial score (nSPS) is 39.7. The summed E-state index contributed by atoms with van der Waals surface area (Å²) < 4.78 is 29.0. The third kappa shape index (κ3) is 2.84. The molecule has 0 aromatic rings. The van der Waals surface area contributed by atoms with Crippen LogP contribution in [0.3, 0.4) is 0 Å². The molecule has 0 saturated carbocycles. The van der Waals surface area contributed by atoms with Crippen LogP contribution in [-0.4, -0.2) is 38.3 Å². The minimum absolute atomic E-state index is 0. The zero-order valence-electron chi connectivity index (χ0n) is 8.81. The summed E-state index contributed by atoms with van der Waals surface area (Å²) in [5.41, 5.74) is 0. The molecule has 2 aliphatic heterocycles. The van der Waals surface area contributed by atoms with Crippen molar-refractivity contribution in [2.24, 2.45) is 0 Å². The largest absolute Gasteiger partial charge is 0.360 e. The molecule has 2 saturated heterocycles. The van der Waals surface area contributed by atoms with Crippen molar-refractivity contribution in [1.29, 1.82) is 0 Å². The molecule has 0 aromatic carbocycles. The van der Waals surface area contributed by atoms with E-state index >= 15 is 0 Å². The predicted octanol–water partition coefficient (Wildman–Crippen LogP) is 0.710. The molecule has 2 rings (SSSR count). The van der Waals surface area contributed by atoms with Crippen LogP contribution in [0.25, 0.3) is 0 Å². The molecule has 2 heterocycles. The maximum atomic E-state index is 11.8. The summed E-state index contributed by atoms with van der Waals surface area (Å²) in [6, 6.07) is 0.275. The summed E-state index contributed by atoms with van der Waals surface area (Å²) in [4.78, 5) is 0. The molecule has 1 N–H and O–H groups in total. The Kier molecular flexibility index (Phi) is 4.40. The fourth-order valence-corrected chi connectivity index (χ4v) is 4.13. The van der Waals surface area contributed by atoms with Gasteiger partial charge in [-0.05, 0) is 19.8 Å². The first-order chi connectivity index (χ1) is 6.59. The Labute approximate surface area is 97.1 Å². The first-order valence-corrected chi connectivity index (χ1v) is 6.90. The molecule has 0 aliphatic carbocycles. The molecule has 0 radical (unpaired) electrons. The predicted molar refractivity (Wildman–Crippen MR) is 61.0 cm³/mol. The van der Waals surface area contributed by atoms with Gasteiger partial charge in [-0.15, -0.1) is 12.4 Å². The third-order valence-corrected chi connectivity index (χ3v) is 5.20. The lowest BCUT2D eigenvalue weighted by Crippen LogP contribution is -2.45. The van der Waals surface area contributed by atoms with Crippen LogP contribution >= 0.6 is 12.4 Å². The zero-order valence-corrected chi connectivity index (χ0v) is 10.4. The molecule has 90 valence electrons. The number of nitrogens with one attached hydrogen (secondary N) is 1. The molecule has 3 unspecified atom stereocenters. The summed E-state index contributed by atoms with van der Waals surface area (Å²) in [6.07, 6.45) is 2.28. The highest BCUT2D eigenvalue weighted by Crippen LogP contribution is 2.24. The van der Waals surface area contributed by atoms with Crippen molar-refractivity contribution in [1.82, 2.24) is 5.32 Å². The molecule has 6 heteroatoms. The SMILES string of the molecule is CC1COC(C2CCCCS2(=O)=O)N1.Cl. The van der Waals surface area contributed by atoms with Crippen molar-refractivity contribution in [3.05, 3.63) is 0 Å². The van der Waals surface area contributed by atoms with Crippen LogP contribution in [0.2, 0.25) is 0 Å². The van der Waals surface area contributed by atoms with Gasteiger partial charge < -0.3 is 4.74 Å². The van der Waals surface area contributed by atoms with Crippen LogP contribution in [-0.2, 0) is 14.6 Å². The van der Waals surface area contributed by atoms with Crippen LogP contribution in [0, 0.1) is 0 Å². The zero-order chi connectivity index (χ0) is 10.2. The molecule has 0 spiro atoms. The third-order valence-electron chi connectivity index (χ3n) is 2.94. The quantitative estimate of drug-likeness (QED) is 0.750. The van der Waals surface area contributed by atoms with Gasteiger partial charge >= 0.3 is 0 Å². The Bertz CT molecular complexity index is 306. The van der Waals surface area contributed by atoms with Gasteiger partial charge in [-0.2, -0.15) is 0 Å². The fraction of sp³-hybridized carbons (Fsp3) is 1.00. The number of hydrogen-bond donors (Lipinski definition) is 1. The average Bonchev–Trinajstić information content (AvgIpc) is 2.51. The van der Waals surface area contributed by atoms with Crippen molar-refractivity contribution in [2.75, 3.05) is 12.4 Å². The van der Waals surface area contributed by atoms with Crippen LogP contribution in [0.4, 0.5) is 0 Å². The van der Waals surface area contributed by atoms with E-state index in [2.05, 4.69) is 5.32 Å². The highest BCUT2D eigenvalue weighted by molar-refractivity contribution is 7.92. The van der Waals surface area contributed by atoms with E-state index < -0.39 is 9.84 Å². The minimum atomic E-state index is -2.92. The molecule has 4 nitrogen and oxygen atoms in total. The lowest BCUT2D eigenvalue weighted by Gasteiger charge is -2.26. The maximum absolute atomic E-state index is 11.8. The molecule has 15 heavy (non-hydrogen) atoms. The van der Waals surface area contributed by atoms with Crippen LogP contribution in [0.1, 0.15) is 26.2 Å². The Morgan fingerprint density at radius 2 is 2.07 bits per heavy atom. The highest BCUT2D eigenvalue weighted by Gasteiger charge is 2.39. The molecule has 0 aromatic heterocycles. The van der Waals surface area contributed by atoms with Gasteiger partial charge in [0.05, 0.1) is 12.4 Å². The smallest absolute Gasteiger partial charge is 0.157 e. The van der Waals surface area contributed by atoms with E-state index in [0.29, 0.717) is 12.4 Å². The molecule has 3 atom stereocenters. The molecular formula is C9H18ClNO3S. The molecule has 2 fully saturated rings. The summed E-state index contributed by atoms with van der Waals surface area (Å²) in [5.74, 6) is 0.327. The van der Waals surface area contributed by atoms with Crippen molar-refractivity contribution >= 4 is 22.2 Å². The van der Waals surface area contributed by atoms with Gasteiger partial charge in [-0.25, -0.2) is 8.42 Å². The van der Waals surface area contributed by atoms with E-state index in [1.54, 1.807) is 0 Å². The lowest BCUT2D eigenvalue weighted by molar-refractivity contribution is 0.0925. The topological polar surface area (TPSA) is 55.4 Å². The average molecular weight is 256 g/mol. The molecule has 2 aliphatic rings. The van der Waals surface area contributed by atoms with E-state index in [9.17, 15) is 8.42 Å². The van der Waals surface area contributed by atoms with E-state index in [1.165, 1.54) is 0 Å². The number of rotatable bonds is 1. The Balaban J connectivity index is 0.00000112. The van der Waals surface area contributed by atoms with Crippen molar-refractivity contribution in [2.45, 2.75) is 43.7 Å². The lowest BCUT2D eigenvalue weighted by atomic mass is 10.1. The van der Waals surface area contributed by atoms with Gasteiger partial charge in [0.25, 0.3) is 0 Å². The molecule has 0 bridgehead atoms. The second-order valence-electron chi connectivity index (χ2n) is 4.22. The highest BCUT2D eigenvalue weighted by atomic mass is 35.5. The monoisotopic (exact) mass is 255 g/mol. The number of sulfone groups is 1. The fourth-order valence-electron chi connectivity index (χ4n) is 2.16. The van der Waals surface area contributed by atoms with E-state index in [0.717, 1.165) is 19.3 Å². The summed E-state index contributed by atoms with van der Waals surface area (Å²) in [6.45, 7) is 2.63. The number of ether oxygens (including phenoxy) is 1. The number of halogens is 1. The first-order valence-electron chi connectivity index (χ1n) is 5.19. The minimum Gasteiger partial charge on any atom is -0.360 e. The Morgan fingerprint density at radius 1 is 1.33 bits per heavy atom. The van der Waals surface area contributed by atoms with Gasteiger partial charge in [0.15, 0.2) is 9.84 Å². The number of hydrogen-bond acceptors (Lipinski definition) is 4.